The Labute approximate surface area is 116 Å². The lowest BCUT2D eigenvalue weighted by molar-refractivity contribution is 0.171. The summed E-state index contributed by atoms with van der Waals surface area (Å²) in [7, 11) is 0. The number of ether oxygens (including phenoxy) is 2. The van der Waals surface area contributed by atoms with Crippen molar-refractivity contribution < 1.29 is 9.47 Å². The molecule has 0 unspecified atom stereocenters. The number of nitrogens with two attached hydrogens (primary N) is 1. The van der Waals surface area contributed by atoms with Crippen molar-refractivity contribution in [1.82, 2.24) is 0 Å². The molecule has 2 N–H and O–H groups in total. The van der Waals surface area contributed by atoms with E-state index in [-0.39, 0.29) is 0 Å². The molecule has 0 aliphatic carbocycles. The van der Waals surface area contributed by atoms with E-state index in [0.29, 0.717) is 24.8 Å². The Morgan fingerprint density at radius 1 is 1.00 bits per heavy atom. The van der Waals surface area contributed by atoms with Gasteiger partial charge in [0.1, 0.15) is 13.2 Å². The van der Waals surface area contributed by atoms with Gasteiger partial charge >= 0.3 is 0 Å². The van der Waals surface area contributed by atoms with E-state index in [4.69, 9.17) is 26.8 Å². The fourth-order valence-corrected chi connectivity index (χ4v) is 2.36. The number of hydrogen-bond acceptors (Lipinski definition) is 3. The van der Waals surface area contributed by atoms with Crippen molar-refractivity contribution in [2.24, 2.45) is 5.73 Å². The van der Waals surface area contributed by atoms with Gasteiger partial charge in [0.15, 0.2) is 11.5 Å². The maximum atomic E-state index is 6.26. The first-order valence-corrected chi connectivity index (χ1v) is 6.54. The first kappa shape index (κ1) is 12.3. The second-order valence-electron chi connectivity index (χ2n) is 4.38. The van der Waals surface area contributed by atoms with E-state index in [2.05, 4.69) is 0 Å². The average Bonchev–Trinajstić information content (AvgIpc) is 2.47. The van der Waals surface area contributed by atoms with Crippen LogP contribution in [0.15, 0.2) is 36.4 Å². The molecule has 0 bridgehead atoms. The SMILES string of the molecule is NCc1ccc(Cl)c(-c2ccc3c(c2)OCCO3)c1. The van der Waals surface area contributed by atoms with Gasteiger partial charge in [-0.2, -0.15) is 0 Å². The van der Waals surface area contributed by atoms with Gasteiger partial charge < -0.3 is 15.2 Å². The van der Waals surface area contributed by atoms with Gasteiger partial charge in [-0.1, -0.05) is 23.7 Å². The first-order valence-electron chi connectivity index (χ1n) is 6.16. The zero-order valence-electron chi connectivity index (χ0n) is 10.4. The molecule has 0 radical (unpaired) electrons. The van der Waals surface area contributed by atoms with Gasteiger partial charge in [0.05, 0.1) is 0 Å². The molecule has 1 aliphatic heterocycles. The smallest absolute Gasteiger partial charge is 0.161 e. The van der Waals surface area contributed by atoms with Gasteiger partial charge in [0.2, 0.25) is 0 Å². The topological polar surface area (TPSA) is 44.5 Å². The van der Waals surface area contributed by atoms with Gasteiger partial charge in [-0.15, -0.1) is 0 Å². The minimum atomic E-state index is 0.495. The normalized spacial score (nSPS) is 13.4. The minimum absolute atomic E-state index is 0.495. The molecule has 0 spiro atoms. The highest BCUT2D eigenvalue weighted by atomic mass is 35.5. The molecule has 1 heterocycles. The highest BCUT2D eigenvalue weighted by Crippen LogP contribution is 2.37. The molecule has 19 heavy (non-hydrogen) atoms. The van der Waals surface area contributed by atoms with Gasteiger partial charge in [0.25, 0.3) is 0 Å². The highest BCUT2D eigenvalue weighted by Gasteiger charge is 2.13. The van der Waals surface area contributed by atoms with Crippen LogP contribution in [0.2, 0.25) is 5.02 Å². The van der Waals surface area contributed by atoms with E-state index in [0.717, 1.165) is 28.2 Å². The van der Waals surface area contributed by atoms with Crippen LogP contribution in [-0.4, -0.2) is 13.2 Å². The second kappa shape index (κ2) is 5.11. The van der Waals surface area contributed by atoms with Crippen molar-refractivity contribution in [3.63, 3.8) is 0 Å². The number of hydrogen-bond donors (Lipinski definition) is 1. The van der Waals surface area contributed by atoms with Crippen LogP contribution in [0.4, 0.5) is 0 Å². The molecule has 0 amide bonds. The van der Waals surface area contributed by atoms with E-state index >= 15 is 0 Å². The van der Waals surface area contributed by atoms with Gasteiger partial charge in [-0.25, -0.2) is 0 Å². The minimum Gasteiger partial charge on any atom is -0.486 e. The Kier molecular flexibility index (Phi) is 3.32. The summed E-state index contributed by atoms with van der Waals surface area (Å²) < 4.78 is 11.1. The molecule has 2 aromatic rings. The molecule has 3 nitrogen and oxygen atoms in total. The first-order chi connectivity index (χ1) is 9.28. The summed E-state index contributed by atoms with van der Waals surface area (Å²) in [5.41, 5.74) is 8.68. The third-order valence-electron chi connectivity index (χ3n) is 3.12. The monoisotopic (exact) mass is 275 g/mol. The Bertz CT molecular complexity index is 613. The maximum absolute atomic E-state index is 6.26. The molecule has 0 saturated carbocycles. The average molecular weight is 276 g/mol. The van der Waals surface area contributed by atoms with Crippen molar-refractivity contribution in [2.45, 2.75) is 6.54 Å². The lowest BCUT2D eigenvalue weighted by Gasteiger charge is -2.19. The maximum Gasteiger partial charge on any atom is 0.161 e. The lowest BCUT2D eigenvalue weighted by atomic mass is 10.0. The largest absolute Gasteiger partial charge is 0.486 e. The Hall–Kier alpha value is -1.71. The van der Waals surface area contributed by atoms with Crippen molar-refractivity contribution >= 4 is 11.6 Å². The predicted molar refractivity (Wildman–Crippen MR) is 75.8 cm³/mol. The summed E-state index contributed by atoms with van der Waals surface area (Å²) in [5, 5.41) is 0.703. The lowest BCUT2D eigenvalue weighted by Crippen LogP contribution is -2.15. The van der Waals surface area contributed by atoms with Crippen molar-refractivity contribution in [1.29, 1.82) is 0 Å². The third-order valence-corrected chi connectivity index (χ3v) is 3.45. The van der Waals surface area contributed by atoms with Crippen LogP contribution in [0.5, 0.6) is 11.5 Å². The summed E-state index contributed by atoms with van der Waals surface area (Å²) in [6.45, 7) is 1.66. The van der Waals surface area contributed by atoms with Crippen molar-refractivity contribution in [3.8, 4) is 22.6 Å². The number of benzene rings is 2. The molecule has 2 aromatic carbocycles. The molecular weight excluding hydrogens is 262 g/mol. The van der Waals surface area contributed by atoms with Crippen LogP contribution in [0.25, 0.3) is 11.1 Å². The van der Waals surface area contributed by atoms with Gasteiger partial charge in [0, 0.05) is 17.1 Å². The third kappa shape index (κ3) is 2.39. The van der Waals surface area contributed by atoms with Crippen molar-refractivity contribution in [2.75, 3.05) is 13.2 Å². The summed E-state index contributed by atoms with van der Waals surface area (Å²) in [6, 6.07) is 11.7. The molecule has 1 aliphatic rings. The molecule has 98 valence electrons. The number of fused-ring (bicyclic) bond motifs is 1. The standard InChI is InChI=1S/C15H14ClNO2/c16-13-3-1-10(9-17)7-12(13)11-2-4-14-15(8-11)19-6-5-18-14/h1-4,7-8H,5-6,9,17H2. The van der Waals surface area contributed by atoms with E-state index in [9.17, 15) is 0 Å². The summed E-state index contributed by atoms with van der Waals surface area (Å²) >= 11 is 6.26. The fraction of sp³-hybridized carbons (Fsp3) is 0.200. The Balaban J connectivity index is 2.06. The highest BCUT2D eigenvalue weighted by molar-refractivity contribution is 6.33. The van der Waals surface area contributed by atoms with Crippen LogP contribution in [0.1, 0.15) is 5.56 Å². The molecule has 3 rings (SSSR count). The summed E-state index contributed by atoms with van der Waals surface area (Å²) in [6.07, 6.45) is 0. The number of rotatable bonds is 2. The van der Waals surface area contributed by atoms with E-state index in [1.807, 2.05) is 36.4 Å². The quantitative estimate of drug-likeness (QED) is 0.915. The van der Waals surface area contributed by atoms with E-state index in [1.54, 1.807) is 0 Å². The summed E-state index contributed by atoms with van der Waals surface area (Å²) in [4.78, 5) is 0. The molecule has 0 atom stereocenters. The number of halogens is 1. The molecular formula is C15H14ClNO2. The molecule has 4 heteroatoms. The fourth-order valence-electron chi connectivity index (χ4n) is 2.13. The zero-order valence-corrected chi connectivity index (χ0v) is 11.1. The summed E-state index contributed by atoms with van der Waals surface area (Å²) in [5.74, 6) is 1.54. The van der Waals surface area contributed by atoms with Crippen LogP contribution in [0, 0.1) is 0 Å². The predicted octanol–water partition coefficient (Wildman–Crippen LogP) is 3.24. The van der Waals surface area contributed by atoms with Crippen LogP contribution in [-0.2, 0) is 6.54 Å². The second-order valence-corrected chi connectivity index (χ2v) is 4.78. The van der Waals surface area contributed by atoms with E-state index < -0.39 is 0 Å². The van der Waals surface area contributed by atoms with Crippen molar-refractivity contribution in [3.05, 3.63) is 47.0 Å². The zero-order chi connectivity index (χ0) is 13.2. The molecule has 0 aromatic heterocycles. The Morgan fingerprint density at radius 3 is 2.58 bits per heavy atom. The van der Waals surface area contributed by atoms with Crippen LogP contribution < -0.4 is 15.2 Å². The Morgan fingerprint density at radius 2 is 1.79 bits per heavy atom. The molecule has 0 fully saturated rings. The van der Waals surface area contributed by atoms with Crippen LogP contribution in [0.3, 0.4) is 0 Å². The van der Waals surface area contributed by atoms with Gasteiger partial charge in [-0.3, -0.25) is 0 Å². The van der Waals surface area contributed by atoms with Crippen LogP contribution >= 0.6 is 11.6 Å². The van der Waals surface area contributed by atoms with E-state index in [1.165, 1.54) is 0 Å². The van der Waals surface area contributed by atoms with Gasteiger partial charge in [-0.05, 0) is 35.4 Å². The molecule has 0 saturated heterocycles.